The molecule has 70 valence electrons. The fraction of sp³-hybridized carbons (Fsp3) is 0.625. The zero-order valence-corrected chi connectivity index (χ0v) is 7.32. The van der Waals surface area contributed by atoms with Gasteiger partial charge in [-0.25, -0.2) is 0 Å². The molecular weight excluding hydrogens is 172 g/mol. The van der Waals surface area contributed by atoms with Gasteiger partial charge in [-0.2, -0.15) is 4.98 Å². The Labute approximate surface area is 75.1 Å². The Bertz CT molecular complexity index is 315. The first-order valence-corrected chi connectivity index (χ1v) is 4.19. The van der Waals surface area contributed by atoms with Crippen LogP contribution in [0.4, 0.5) is 0 Å². The predicted octanol–water partition coefficient (Wildman–Crippen LogP) is 0.776. The maximum absolute atomic E-state index is 10.8. The Morgan fingerprint density at radius 1 is 1.62 bits per heavy atom. The molecule has 0 aromatic carbocycles. The third kappa shape index (κ3) is 1.60. The first-order chi connectivity index (χ1) is 6.27. The molecule has 5 nitrogen and oxygen atoms in total. The minimum absolute atomic E-state index is 0.0851. The van der Waals surface area contributed by atoms with Crippen LogP contribution in [0, 0.1) is 0 Å². The molecule has 1 aliphatic heterocycles. The third-order valence-electron chi connectivity index (χ3n) is 2.04. The minimum Gasteiger partial charge on any atom is -0.381 e. The van der Waals surface area contributed by atoms with E-state index in [1.54, 1.807) is 0 Å². The van der Waals surface area contributed by atoms with E-state index in [2.05, 4.69) is 10.1 Å². The lowest BCUT2D eigenvalue weighted by Crippen LogP contribution is -2.00. The molecule has 13 heavy (non-hydrogen) atoms. The van der Waals surface area contributed by atoms with Crippen LogP contribution < -0.4 is 0 Å². The Balaban J connectivity index is 2.16. The fourth-order valence-electron chi connectivity index (χ4n) is 1.28. The van der Waals surface area contributed by atoms with Crippen molar-refractivity contribution < 1.29 is 14.1 Å². The highest BCUT2D eigenvalue weighted by molar-refractivity contribution is 5.89. The lowest BCUT2D eigenvalue weighted by atomic mass is 10.1. The quantitative estimate of drug-likeness (QED) is 0.632. The van der Waals surface area contributed by atoms with Crippen LogP contribution in [0.25, 0.3) is 0 Å². The number of hydrogen-bond acceptors (Lipinski definition) is 5. The zero-order valence-electron chi connectivity index (χ0n) is 7.32. The molecule has 0 saturated carbocycles. The van der Waals surface area contributed by atoms with Gasteiger partial charge in [0, 0.05) is 19.4 Å². The van der Waals surface area contributed by atoms with Crippen LogP contribution in [0.15, 0.2) is 4.52 Å². The largest absolute Gasteiger partial charge is 0.381 e. The molecule has 1 aromatic rings. The van der Waals surface area contributed by atoms with Crippen LogP contribution in [0.2, 0.25) is 0 Å². The average Bonchev–Trinajstić information content (AvgIpc) is 2.75. The van der Waals surface area contributed by atoms with E-state index in [1.165, 1.54) is 6.92 Å². The van der Waals surface area contributed by atoms with E-state index in [4.69, 9.17) is 9.26 Å². The molecule has 2 rings (SSSR count). The lowest BCUT2D eigenvalue weighted by molar-refractivity contribution is 0.0972. The number of carbonyl (C=O) groups excluding carboxylic acids is 1. The van der Waals surface area contributed by atoms with Crippen molar-refractivity contribution in [3.8, 4) is 0 Å². The summed E-state index contributed by atoms with van der Waals surface area (Å²) in [7, 11) is 0. The van der Waals surface area contributed by atoms with Gasteiger partial charge in [-0.15, -0.1) is 0 Å². The van der Waals surface area contributed by atoms with Crippen LogP contribution in [-0.4, -0.2) is 29.1 Å². The van der Waals surface area contributed by atoms with Gasteiger partial charge in [-0.3, -0.25) is 4.79 Å². The molecule has 0 aliphatic carbocycles. The number of carbonyl (C=O) groups is 1. The van der Waals surface area contributed by atoms with Gasteiger partial charge in [0.2, 0.25) is 5.78 Å². The third-order valence-corrected chi connectivity index (χ3v) is 2.04. The monoisotopic (exact) mass is 182 g/mol. The van der Waals surface area contributed by atoms with Crippen molar-refractivity contribution in [1.82, 2.24) is 10.1 Å². The molecule has 1 aromatic heterocycles. The number of Topliss-reactive ketones (excluding diaryl/α,β-unsaturated/α-hetero) is 1. The Morgan fingerprint density at radius 3 is 3.00 bits per heavy atom. The maximum atomic E-state index is 10.8. The second kappa shape index (κ2) is 3.26. The molecule has 2 heterocycles. The Kier molecular flexibility index (Phi) is 2.10. The molecule has 0 spiro atoms. The van der Waals surface area contributed by atoms with E-state index in [0.717, 1.165) is 13.0 Å². The summed E-state index contributed by atoms with van der Waals surface area (Å²) in [6.45, 7) is 2.76. The number of ether oxygens (including phenoxy) is 1. The van der Waals surface area contributed by atoms with E-state index in [9.17, 15) is 4.79 Å². The van der Waals surface area contributed by atoms with Gasteiger partial charge in [-0.1, -0.05) is 5.16 Å². The first kappa shape index (κ1) is 8.37. The van der Waals surface area contributed by atoms with Gasteiger partial charge in [0.25, 0.3) is 5.89 Å². The molecule has 1 aliphatic rings. The summed E-state index contributed by atoms with van der Waals surface area (Å²) in [6, 6.07) is 0. The zero-order chi connectivity index (χ0) is 9.26. The minimum atomic E-state index is -0.197. The predicted molar refractivity (Wildman–Crippen MR) is 42.5 cm³/mol. The van der Waals surface area contributed by atoms with Gasteiger partial charge >= 0.3 is 0 Å². The van der Waals surface area contributed by atoms with Crippen LogP contribution in [-0.2, 0) is 4.74 Å². The van der Waals surface area contributed by atoms with Gasteiger partial charge in [0.15, 0.2) is 5.82 Å². The first-order valence-electron chi connectivity index (χ1n) is 4.19. The number of rotatable bonds is 2. The van der Waals surface area contributed by atoms with Crippen LogP contribution in [0.1, 0.15) is 35.8 Å². The van der Waals surface area contributed by atoms with Gasteiger partial charge < -0.3 is 9.26 Å². The summed E-state index contributed by atoms with van der Waals surface area (Å²) < 4.78 is 9.95. The molecule has 0 amide bonds. The molecule has 0 radical (unpaired) electrons. The molecular formula is C8H10N2O3. The second-order valence-electron chi connectivity index (χ2n) is 3.07. The van der Waals surface area contributed by atoms with Crippen molar-refractivity contribution in [2.75, 3.05) is 13.2 Å². The normalized spacial score (nSPS) is 22.1. The highest BCUT2D eigenvalue weighted by Gasteiger charge is 2.23. The number of hydrogen-bond donors (Lipinski definition) is 0. The average molecular weight is 182 g/mol. The summed E-state index contributed by atoms with van der Waals surface area (Å²) in [5.74, 6) is 0.666. The van der Waals surface area contributed by atoms with E-state index < -0.39 is 0 Å². The molecule has 1 atom stereocenters. The second-order valence-corrected chi connectivity index (χ2v) is 3.07. The van der Waals surface area contributed by atoms with Crippen molar-refractivity contribution in [1.29, 1.82) is 0 Å². The van der Waals surface area contributed by atoms with Crippen molar-refractivity contribution in [2.45, 2.75) is 19.3 Å². The van der Waals surface area contributed by atoms with Crippen molar-refractivity contribution in [3.05, 3.63) is 11.7 Å². The standard InChI is InChI=1S/C8H10N2O3/c1-5(11)8-9-7(10-13-8)6-2-3-12-4-6/h6H,2-4H2,1H3. The SMILES string of the molecule is CC(=O)c1nc(C2CCOC2)no1. The van der Waals surface area contributed by atoms with Gasteiger partial charge in [0.05, 0.1) is 6.61 Å². The molecule has 0 N–H and O–H groups in total. The lowest BCUT2D eigenvalue weighted by Gasteiger charge is -1.97. The molecule has 1 fully saturated rings. The number of nitrogens with zero attached hydrogens (tertiary/aromatic N) is 2. The summed E-state index contributed by atoms with van der Waals surface area (Å²) in [4.78, 5) is 14.8. The van der Waals surface area contributed by atoms with Crippen LogP contribution in [0.5, 0.6) is 0 Å². The van der Waals surface area contributed by atoms with E-state index in [1.807, 2.05) is 0 Å². The fourth-order valence-corrected chi connectivity index (χ4v) is 1.28. The van der Waals surface area contributed by atoms with Crippen molar-refractivity contribution in [3.63, 3.8) is 0 Å². The summed E-state index contributed by atoms with van der Waals surface area (Å²) >= 11 is 0. The van der Waals surface area contributed by atoms with Crippen LogP contribution >= 0.6 is 0 Å². The van der Waals surface area contributed by atoms with Gasteiger partial charge in [0.1, 0.15) is 0 Å². The van der Waals surface area contributed by atoms with E-state index in [0.29, 0.717) is 12.4 Å². The molecule has 1 unspecified atom stereocenters. The van der Waals surface area contributed by atoms with Crippen molar-refractivity contribution >= 4 is 5.78 Å². The summed E-state index contributed by atoms with van der Waals surface area (Å²) in [6.07, 6.45) is 0.900. The van der Waals surface area contributed by atoms with E-state index >= 15 is 0 Å². The van der Waals surface area contributed by atoms with E-state index in [-0.39, 0.29) is 17.6 Å². The Hall–Kier alpha value is -1.23. The molecule has 5 heteroatoms. The number of aromatic nitrogens is 2. The Morgan fingerprint density at radius 2 is 2.46 bits per heavy atom. The molecule has 0 bridgehead atoms. The van der Waals surface area contributed by atoms with Crippen LogP contribution in [0.3, 0.4) is 0 Å². The number of ketones is 1. The summed E-state index contributed by atoms with van der Waals surface area (Å²) in [5.41, 5.74) is 0. The highest BCUT2D eigenvalue weighted by atomic mass is 16.5. The summed E-state index contributed by atoms with van der Waals surface area (Å²) in [5, 5.41) is 3.73. The smallest absolute Gasteiger partial charge is 0.293 e. The molecule has 1 saturated heterocycles. The van der Waals surface area contributed by atoms with Crippen molar-refractivity contribution in [2.24, 2.45) is 0 Å². The maximum Gasteiger partial charge on any atom is 0.293 e. The van der Waals surface area contributed by atoms with Gasteiger partial charge in [-0.05, 0) is 6.42 Å². The topological polar surface area (TPSA) is 65.2 Å². The highest BCUT2D eigenvalue weighted by Crippen LogP contribution is 2.22.